The van der Waals surface area contributed by atoms with Crippen molar-refractivity contribution in [2.75, 3.05) is 61.5 Å². The number of amides is 4. The van der Waals surface area contributed by atoms with Crippen LogP contribution in [0.4, 0.5) is 27.5 Å². The van der Waals surface area contributed by atoms with E-state index in [0.29, 0.717) is 57.3 Å². The van der Waals surface area contributed by atoms with Gasteiger partial charge in [-0.1, -0.05) is 11.6 Å². The molecule has 55 heavy (non-hydrogen) atoms. The van der Waals surface area contributed by atoms with Crippen molar-refractivity contribution in [3.63, 3.8) is 0 Å². The summed E-state index contributed by atoms with van der Waals surface area (Å²) in [6.45, 7) is 13.0. The Hall–Kier alpha value is -5.19. The fourth-order valence-corrected chi connectivity index (χ4v) is 9.16. The molecule has 1 spiro atoms. The number of imide groups is 1. The highest BCUT2D eigenvalue weighted by molar-refractivity contribution is 6.34. The molecule has 1 saturated carbocycles. The molecule has 13 nitrogen and oxygen atoms in total. The Labute approximate surface area is 325 Å². The van der Waals surface area contributed by atoms with Crippen molar-refractivity contribution in [1.82, 2.24) is 25.0 Å². The van der Waals surface area contributed by atoms with E-state index in [4.69, 9.17) is 28.0 Å². The van der Waals surface area contributed by atoms with Gasteiger partial charge in [0.25, 0.3) is 5.91 Å². The monoisotopic (exact) mass is 763 g/mol. The highest BCUT2D eigenvalue weighted by atomic mass is 35.5. The number of aromatic nitrogens is 3. The molecule has 0 bridgehead atoms. The molecule has 14 heteroatoms. The van der Waals surface area contributed by atoms with E-state index < -0.39 is 6.03 Å². The quantitative estimate of drug-likeness (QED) is 0.177. The maximum absolute atomic E-state index is 13.0. The smallest absolute Gasteiger partial charge is 0.328 e. The number of pyridine rings is 1. The number of likely N-dealkylation sites (tertiary alicyclic amines) is 1. The molecule has 2 N–H and O–H groups in total. The summed E-state index contributed by atoms with van der Waals surface area (Å²) in [6, 6.07) is 11.1. The van der Waals surface area contributed by atoms with Gasteiger partial charge < -0.3 is 19.9 Å². The first kappa shape index (κ1) is 36.8. The van der Waals surface area contributed by atoms with Gasteiger partial charge in [-0.05, 0) is 106 Å². The summed E-state index contributed by atoms with van der Waals surface area (Å²) >= 11 is 6.51. The van der Waals surface area contributed by atoms with Crippen molar-refractivity contribution in [1.29, 1.82) is 0 Å². The number of fused-ring (bicyclic) bond motifs is 1. The number of halogens is 1. The van der Waals surface area contributed by atoms with E-state index in [1.165, 1.54) is 44.1 Å². The topological polar surface area (TPSA) is 129 Å². The van der Waals surface area contributed by atoms with Crippen molar-refractivity contribution >= 4 is 63.1 Å². The van der Waals surface area contributed by atoms with Gasteiger partial charge >= 0.3 is 6.03 Å². The van der Waals surface area contributed by atoms with Crippen molar-refractivity contribution in [3.8, 4) is 5.75 Å². The zero-order valence-corrected chi connectivity index (χ0v) is 31.9. The number of hydrogen-bond donors (Lipinski definition) is 2. The van der Waals surface area contributed by atoms with Crippen molar-refractivity contribution in [3.05, 3.63) is 77.0 Å². The van der Waals surface area contributed by atoms with Gasteiger partial charge in [-0.25, -0.2) is 9.64 Å². The fourth-order valence-electron chi connectivity index (χ4n) is 8.94. The molecule has 4 aromatic rings. The number of ether oxygens (including phenoxy) is 1. The Morgan fingerprint density at radius 2 is 1.78 bits per heavy atom. The van der Waals surface area contributed by atoms with E-state index in [0.717, 1.165) is 75.0 Å². The average molecular weight is 764 g/mol. The number of nitrogens with one attached hydrogen (secondary N) is 2. The Morgan fingerprint density at radius 1 is 1.02 bits per heavy atom. The van der Waals surface area contributed by atoms with Gasteiger partial charge in [-0.3, -0.25) is 29.5 Å². The van der Waals surface area contributed by atoms with E-state index in [2.05, 4.69) is 41.1 Å². The Kier molecular flexibility index (Phi) is 10.4. The Bertz CT molecular complexity index is 2140. The number of nitrogens with zero attached hydrogens (tertiary/aromatic N) is 7. The zero-order chi connectivity index (χ0) is 38.1. The van der Waals surface area contributed by atoms with Crippen LogP contribution in [0, 0.1) is 17.9 Å². The summed E-state index contributed by atoms with van der Waals surface area (Å²) in [4.78, 5) is 51.2. The van der Waals surface area contributed by atoms with Crippen LogP contribution < -0.4 is 25.2 Å². The molecular formula is C41H46ClN9O4. The van der Waals surface area contributed by atoms with Crippen molar-refractivity contribution in [2.45, 2.75) is 63.8 Å². The second-order valence-electron chi connectivity index (χ2n) is 15.6. The van der Waals surface area contributed by atoms with Gasteiger partial charge in [-0.2, -0.15) is 5.10 Å². The van der Waals surface area contributed by atoms with Crippen LogP contribution in [0.2, 0.25) is 5.02 Å². The SMILES string of the molecule is [C-]#[N+]c1cncc(C(=O)Nc2cc3cn(C4CCC(CN5CCC6(CC5)CCN(c5ccc(Cl)c(N7CCC(=O)NC7=O)c5)CC6)CC4)nc3cc2OC)c1. The molecule has 286 valence electrons. The average Bonchev–Trinajstić information content (AvgIpc) is 3.62. The molecule has 8 rings (SSSR count). The number of carbonyl (C=O) groups excluding carboxylic acids is 3. The van der Waals surface area contributed by atoms with Crippen LogP contribution in [-0.4, -0.2) is 83.9 Å². The zero-order valence-electron chi connectivity index (χ0n) is 31.1. The maximum atomic E-state index is 13.0. The fraction of sp³-hybridized carbons (Fsp3) is 0.463. The Balaban J connectivity index is 0.814. The standard InChI is InChI=1S/C41H46ClN9O4/c1-43-30-19-28(23-44-24-30)39(53)45-35-20-29-26-51(47-34(29)22-37(35)55-2)31-5-3-27(4-6-31)25-48-15-10-41(11-16-48)12-17-49(18-13-41)32-7-8-33(42)36(21-32)50-14-9-38(52)46-40(50)54/h7-8,19-24,26-27,31H,3-6,9-18,25H2,2H3,(H,45,53)(H,46,52,54). The lowest BCUT2D eigenvalue weighted by Crippen LogP contribution is -2.50. The number of benzene rings is 2. The van der Waals surface area contributed by atoms with Crippen LogP contribution in [0.25, 0.3) is 15.7 Å². The second kappa shape index (κ2) is 15.5. The van der Waals surface area contributed by atoms with Crippen molar-refractivity contribution in [2.24, 2.45) is 11.3 Å². The van der Waals surface area contributed by atoms with Crippen LogP contribution in [-0.2, 0) is 4.79 Å². The van der Waals surface area contributed by atoms with Gasteiger partial charge in [-0.15, -0.1) is 0 Å². The van der Waals surface area contributed by atoms with Crippen LogP contribution >= 0.6 is 11.6 Å². The normalized spacial score (nSPS) is 21.7. The van der Waals surface area contributed by atoms with Crippen LogP contribution in [0.1, 0.15) is 74.2 Å². The molecule has 4 aliphatic rings. The third kappa shape index (κ3) is 7.84. The van der Waals surface area contributed by atoms with Gasteiger partial charge in [0.1, 0.15) is 5.75 Å². The number of piperidine rings is 2. The van der Waals surface area contributed by atoms with E-state index in [1.807, 2.05) is 30.3 Å². The molecule has 2 aromatic heterocycles. The largest absolute Gasteiger partial charge is 0.494 e. The van der Waals surface area contributed by atoms with E-state index in [1.54, 1.807) is 12.0 Å². The predicted octanol–water partition coefficient (Wildman–Crippen LogP) is 7.46. The molecular weight excluding hydrogens is 718 g/mol. The molecule has 4 amide bonds. The van der Waals surface area contributed by atoms with Gasteiger partial charge in [0.05, 0.1) is 41.6 Å². The number of anilines is 3. The molecule has 3 saturated heterocycles. The van der Waals surface area contributed by atoms with Crippen molar-refractivity contribution < 1.29 is 19.1 Å². The highest BCUT2D eigenvalue weighted by Gasteiger charge is 2.38. The van der Waals surface area contributed by atoms with Crippen LogP contribution in [0.3, 0.4) is 0 Å². The second-order valence-corrected chi connectivity index (χ2v) is 16.0. The summed E-state index contributed by atoms with van der Waals surface area (Å²) in [6.07, 6.45) is 14.6. The lowest BCUT2D eigenvalue weighted by atomic mass is 9.71. The predicted molar refractivity (Wildman–Crippen MR) is 212 cm³/mol. The van der Waals surface area contributed by atoms with Gasteiger partial charge in [0.2, 0.25) is 11.6 Å². The minimum atomic E-state index is -0.416. The molecule has 1 aliphatic carbocycles. The minimum absolute atomic E-state index is 0.252. The molecule has 0 unspecified atom stereocenters. The molecule has 0 radical (unpaired) electrons. The summed E-state index contributed by atoms with van der Waals surface area (Å²) in [5.41, 5.74) is 4.11. The summed E-state index contributed by atoms with van der Waals surface area (Å²) in [7, 11) is 1.58. The maximum Gasteiger partial charge on any atom is 0.328 e. The highest BCUT2D eigenvalue weighted by Crippen LogP contribution is 2.44. The third-order valence-corrected chi connectivity index (χ3v) is 12.6. The van der Waals surface area contributed by atoms with E-state index in [-0.39, 0.29) is 18.2 Å². The lowest BCUT2D eigenvalue weighted by Gasteiger charge is -2.48. The number of hydrogen-bond acceptors (Lipinski definition) is 8. The van der Waals surface area contributed by atoms with Gasteiger partial charge in [0.15, 0.2) is 0 Å². The number of methoxy groups -OCH3 is 1. The lowest BCUT2D eigenvalue weighted by molar-refractivity contribution is -0.120. The summed E-state index contributed by atoms with van der Waals surface area (Å²) < 4.78 is 7.71. The first-order valence-electron chi connectivity index (χ1n) is 19.3. The van der Waals surface area contributed by atoms with Crippen LogP contribution in [0.5, 0.6) is 5.75 Å². The molecule has 2 aromatic carbocycles. The summed E-state index contributed by atoms with van der Waals surface area (Å²) in [5, 5.41) is 11.7. The molecule has 0 atom stereocenters. The molecule has 5 heterocycles. The number of urea groups is 1. The van der Waals surface area contributed by atoms with Crippen LogP contribution in [0.15, 0.2) is 55.0 Å². The first-order valence-corrected chi connectivity index (χ1v) is 19.7. The Morgan fingerprint density at radius 3 is 2.51 bits per heavy atom. The van der Waals surface area contributed by atoms with Gasteiger partial charge in [0, 0.05) is 73.9 Å². The molecule has 3 aliphatic heterocycles. The minimum Gasteiger partial charge on any atom is -0.494 e. The first-order chi connectivity index (χ1) is 26.7. The third-order valence-electron chi connectivity index (χ3n) is 12.3. The number of rotatable bonds is 8. The van der Waals surface area contributed by atoms with E-state index in [9.17, 15) is 14.4 Å². The summed E-state index contributed by atoms with van der Waals surface area (Å²) in [5.74, 6) is 0.608. The molecule has 4 fully saturated rings. The number of carbonyl (C=O) groups is 3. The van der Waals surface area contributed by atoms with E-state index >= 15 is 0 Å².